The number of nitrogens with zero attached hydrogens (tertiary/aromatic N) is 4. The average molecular weight is 324 g/mol. The number of aromatic nitrogens is 3. The second kappa shape index (κ2) is 7.12. The lowest BCUT2D eigenvalue weighted by molar-refractivity contribution is -0.118. The van der Waals surface area contributed by atoms with Crippen molar-refractivity contribution in [2.24, 2.45) is 7.05 Å². The number of ether oxygens (including phenoxy) is 1. The standard InChI is InChI=1S/C18H20N4O2/c1-21-13-19-20-18(21)22(2)17(23)11-6-12-24-16-10-5-8-14-7-3-4-9-15(14)16/h3-5,7-10,13H,6,11-12H2,1-2H3. The van der Waals surface area contributed by atoms with Crippen molar-refractivity contribution in [2.45, 2.75) is 12.8 Å². The molecular formula is C18H20N4O2. The van der Waals surface area contributed by atoms with E-state index < -0.39 is 0 Å². The third-order valence-electron chi connectivity index (χ3n) is 3.90. The molecule has 0 aliphatic carbocycles. The van der Waals surface area contributed by atoms with Gasteiger partial charge in [0.25, 0.3) is 0 Å². The van der Waals surface area contributed by atoms with Gasteiger partial charge in [-0.1, -0.05) is 36.4 Å². The molecule has 2 aromatic carbocycles. The number of carbonyl (C=O) groups excluding carboxylic acids is 1. The molecule has 0 radical (unpaired) electrons. The van der Waals surface area contributed by atoms with Crippen molar-refractivity contribution in [1.82, 2.24) is 14.8 Å². The summed E-state index contributed by atoms with van der Waals surface area (Å²) in [6.45, 7) is 0.492. The van der Waals surface area contributed by atoms with E-state index in [1.807, 2.05) is 37.4 Å². The molecule has 0 saturated heterocycles. The van der Waals surface area contributed by atoms with E-state index >= 15 is 0 Å². The number of amides is 1. The highest BCUT2D eigenvalue weighted by Gasteiger charge is 2.15. The van der Waals surface area contributed by atoms with Gasteiger partial charge in [-0.25, -0.2) is 0 Å². The number of fused-ring (bicyclic) bond motifs is 1. The largest absolute Gasteiger partial charge is 0.493 e. The Hall–Kier alpha value is -2.89. The van der Waals surface area contributed by atoms with Crippen molar-refractivity contribution in [3.63, 3.8) is 0 Å². The molecule has 0 fully saturated rings. The van der Waals surface area contributed by atoms with Crippen molar-refractivity contribution >= 4 is 22.6 Å². The second-order valence-corrected chi connectivity index (χ2v) is 5.62. The van der Waals surface area contributed by atoms with E-state index in [1.54, 1.807) is 17.9 Å². The third-order valence-corrected chi connectivity index (χ3v) is 3.90. The molecule has 0 aliphatic heterocycles. The highest BCUT2D eigenvalue weighted by molar-refractivity contribution is 5.91. The van der Waals surface area contributed by atoms with Crippen molar-refractivity contribution in [3.8, 4) is 5.75 Å². The summed E-state index contributed by atoms with van der Waals surface area (Å²) in [6, 6.07) is 14.1. The molecule has 0 spiro atoms. The number of hydrogen-bond acceptors (Lipinski definition) is 4. The van der Waals surface area contributed by atoms with Crippen molar-refractivity contribution in [2.75, 3.05) is 18.6 Å². The van der Waals surface area contributed by atoms with Crippen LogP contribution in [0.25, 0.3) is 10.8 Å². The van der Waals surface area contributed by atoms with Crippen molar-refractivity contribution in [1.29, 1.82) is 0 Å². The molecule has 1 amide bonds. The molecule has 6 nitrogen and oxygen atoms in total. The molecule has 0 bridgehead atoms. The fourth-order valence-corrected chi connectivity index (χ4v) is 2.59. The molecule has 6 heteroatoms. The lowest BCUT2D eigenvalue weighted by Gasteiger charge is -2.15. The summed E-state index contributed by atoms with van der Waals surface area (Å²) in [5, 5.41) is 9.95. The van der Waals surface area contributed by atoms with Crippen LogP contribution in [0.2, 0.25) is 0 Å². The van der Waals surface area contributed by atoms with Crippen LogP contribution in [0.3, 0.4) is 0 Å². The second-order valence-electron chi connectivity index (χ2n) is 5.62. The fraction of sp³-hybridized carbons (Fsp3) is 0.278. The maximum atomic E-state index is 12.2. The molecule has 0 saturated carbocycles. The zero-order valence-corrected chi connectivity index (χ0v) is 13.8. The fourth-order valence-electron chi connectivity index (χ4n) is 2.59. The van der Waals surface area contributed by atoms with Gasteiger partial charge in [0.1, 0.15) is 12.1 Å². The Morgan fingerprint density at radius 1 is 1.21 bits per heavy atom. The van der Waals surface area contributed by atoms with Gasteiger partial charge in [-0.3, -0.25) is 9.69 Å². The van der Waals surface area contributed by atoms with E-state index in [2.05, 4.69) is 22.3 Å². The lowest BCUT2D eigenvalue weighted by Crippen LogP contribution is -2.28. The molecule has 3 rings (SSSR count). The number of anilines is 1. The van der Waals surface area contributed by atoms with Gasteiger partial charge < -0.3 is 9.30 Å². The first kappa shape index (κ1) is 16.0. The van der Waals surface area contributed by atoms with Gasteiger partial charge >= 0.3 is 0 Å². The smallest absolute Gasteiger partial charge is 0.233 e. The predicted molar refractivity (Wildman–Crippen MR) is 93.1 cm³/mol. The highest BCUT2D eigenvalue weighted by Crippen LogP contribution is 2.25. The van der Waals surface area contributed by atoms with Crippen LogP contribution in [0.1, 0.15) is 12.8 Å². The van der Waals surface area contributed by atoms with Crippen molar-refractivity contribution < 1.29 is 9.53 Å². The normalized spacial score (nSPS) is 10.8. The Kier molecular flexibility index (Phi) is 4.74. The number of rotatable bonds is 6. The number of carbonyl (C=O) groups is 1. The van der Waals surface area contributed by atoms with Gasteiger partial charge in [0.05, 0.1) is 6.61 Å². The number of aryl methyl sites for hydroxylation is 1. The molecule has 0 N–H and O–H groups in total. The topological polar surface area (TPSA) is 60.3 Å². The van der Waals surface area contributed by atoms with Crippen LogP contribution < -0.4 is 9.64 Å². The van der Waals surface area contributed by atoms with E-state index in [0.29, 0.717) is 25.4 Å². The molecule has 24 heavy (non-hydrogen) atoms. The molecule has 3 aromatic rings. The number of hydrogen-bond donors (Lipinski definition) is 0. The van der Waals surface area contributed by atoms with Gasteiger partial charge in [0.2, 0.25) is 11.9 Å². The molecule has 1 aromatic heterocycles. The maximum absolute atomic E-state index is 12.2. The monoisotopic (exact) mass is 324 g/mol. The van der Waals surface area contributed by atoms with Crippen LogP contribution in [0.5, 0.6) is 5.75 Å². The van der Waals surface area contributed by atoms with Crippen LogP contribution in [-0.4, -0.2) is 34.3 Å². The Bertz CT molecular complexity index is 838. The quantitative estimate of drug-likeness (QED) is 0.654. The number of benzene rings is 2. The van der Waals surface area contributed by atoms with E-state index in [-0.39, 0.29) is 5.91 Å². The van der Waals surface area contributed by atoms with Crippen LogP contribution in [0.4, 0.5) is 5.95 Å². The van der Waals surface area contributed by atoms with Crippen LogP contribution in [-0.2, 0) is 11.8 Å². The molecule has 1 heterocycles. The van der Waals surface area contributed by atoms with Gasteiger partial charge in [-0.15, -0.1) is 10.2 Å². The summed E-state index contributed by atoms with van der Waals surface area (Å²) in [5.41, 5.74) is 0. The Morgan fingerprint density at radius 2 is 2.00 bits per heavy atom. The van der Waals surface area contributed by atoms with E-state index in [1.165, 1.54) is 4.90 Å². The minimum Gasteiger partial charge on any atom is -0.493 e. The van der Waals surface area contributed by atoms with Gasteiger partial charge in [0, 0.05) is 25.9 Å². The zero-order valence-electron chi connectivity index (χ0n) is 13.8. The first-order chi connectivity index (χ1) is 11.7. The van der Waals surface area contributed by atoms with Crippen LogP contribution >= 0.6 is 0 Å². The average Bonchev–Trinajstić information content (AvgIpc) is 3.04. The lowest BCUT2D eigenvalue weighted by atomic mass is 10.1. The summed E-state index contributed by atoms with van der Waals surface area (Å²) >= 11 is 0. The molecule has 124 valence electrons. The van der Waals surface area contributed by atoms with E-state index in [0.717, 1.165) is 16.5 Å². The third kappa shape index (κ3) is 3.37. The minimum atomic E-state index is -0.00683. The molecule has 0 atom stereocenters. The van der Waals surface area contributed by atoms with Crippen molar-refractivity contribution in [3.05, 3.63) is 48.8 Å². The summed E-state index contributed by atoms with van der Waals surface area (Å²) in [5.74, 6) is 1.38. The molecule has 0 aliphatic rings. The zero-order chi connectivity index (χ0) is 16.9. The summed E-state index contributed by atoms with van der Waals surface area (Å²) in [4.78, 5) is 13.7. The SMILES string of the molecule is CN(C(=O)CCCOc1cccc2ccccc12)c1nncn1C. The molecular weight excluding hydrogens is 304 g/mol. The maximum Gasteiger partial charge on any atom is 0.233 e. The van der Waals surface area contributed by atoms with E-state index in [4.69, 9.17) is 4.74 Å². The highest BCUT2D eigenvalue weighted by atomic mass is 16.5. The summed E-state index contributed by atoms with van der Waals surface area (Å²) in [7, 11) is 3.51. The first-order valence-corrected chi connectivity index (χ1v) is 7.88. The minimum absolute atomic E-state index is 0.00683. The Balaban J connectivity index is 1.53. The summed E-state index contributed by atoms with van der Waals surface area (Å²) < 4.78 is 7.57. The first-order valence-electron chi connectivity index (χ1n) is 7.88. The van der Waals surface area contributed by atoms with Gasteiger partial charge in [-0.05, 0) is 17.9 Å². The Morgan fingerprint density at radius 3 is 2.79 bits per heavy atom. The predicted octanol–water partition coefficient (Wildman–Crippen LogP) is 2.79. The van der Waals surface area contributed by atoms with Gasteiger partial charge in [0.15, 0.2) is 0 Å². The molecule has 0 unspecified atom stereocenters. The summed E-state index contributed by atoms with van der Waals surface area (Å²) in [6.07, 6.45) is 2.61. The van der Waals surface area contributed by atoms with Crippen LogP contribution in [0.15, 0.2) is 48.8 Å². The van der Waals surface area contributed by atoms with Gasteiger partial charge in [-0.2, -0.15) is 0 Å². The van der Waals surface area contributed by atoms with E-state index in [9.17, 15) is 4.79 Å². The Labute approximate surface area is 140 Å². The van der Waals surface area contributed by atoms with Crippen LogP contribution in [0, 0.1) is 0 Å².